The van der Waals surface area contributed by atoms with Gasteiger partial charge in [-0.2, -0.15) is 9.25 Å². The van der Waals surface area contributed by atoms with E-state index >= 15 is 0 Å². The van der Waals surface area contributed by atoms with Crippen molar-refractivity contribution in [2.75, 3.05) is 0 Å². The van der Waals surface area contributed by atoms with Gasteiger partial charge in [0, 0.05) is 0 Å². The Hall–Kier alpha value is -1.83. The minimum absolute atomic E-state index is 0.684. The van der Waals surface area contributed by atoms with E-state index in [4.69, 9.17) is 0 Å². The van der Waals surface area contributed by atoms with Crippen molar-refractivity contribution in [2.45, 2.75) is 5.66 Å². The van der Waals surface area contributed by atoms with Gasteiger partial charge in [-0.25, -0.2) is 0 Å². The first-order valence-corrected chi connectivity index (χ1v) is 6.04. The molecule has 0 aromatic carbocycles. The van der Waals surface area contributed by atoms with Crippen molar-refractivity contribution < 1.29 is 13.8 Å². The molecule has 0 saturated carbocycles. The Morgan fingerprint density at radius 3 is 1.88 bits per heavy atom. The number of nitroso groups, excluding NO2 is 2. The lowest BCUT2D eigenvalue weighted by Gasteiger charge is -2.20. The number of rotatable bonds is 7. The topological polar surface area (TPSA) is 118 Å². The fraction of sp³-hybridized carbons (Fsp3) is 0.143. The molecule has 90 valence electrons. The van der Waals surface area contributed by atoms with E-state index in [1.165, 1.54) is 0 Å². The lowest BCUT2D eigenvalue weighted by Crippen LogP contribution is -2.20. The largest absolute Gasteiger partial charge is 0.387 e. The van der Waals surface area contributed by atoms with Gasteiger partial charge < -0.3 is 0 Å². The first-order valence-electron chi connectivity index (χ1n) is 4.43. The molecule has 2 bridgehead atoms. The van der Waals surface area contributed by atoms with Crippen molar-refractivity contribution in [3.8, 4) is 0 Å². The molecule has 0 radical (unpaired) electrons. The summed E-state index contributed by atoms with van der Waals surface area (Å²) in [5, 5.41) is 4.40. The summed E-state index contributed by atoms with van der Waals surface area (Å²) in [5.74, 6) is 0. The fourth-order valence-corrected chi connectivity index (χ4v) is 3.31. The maximum absolute atomic E-state index is 12.3. The highest BCUT2D eigenvalue weighted by atomic mass is 31.2. The van der Waals surface area contributed by atoms with Gasteiger partial charge in [-0.1, -0.05) is 24.3 Å². The van der Waals surface area contributed by atoms with Crippen LogP contribution in [0.25, 0.3) is 0 Å². The Morgan fingerprint density at radius 1 is 1.06 bits per heavy atom. The number of allylic oxidation sites excluding steroid dienone is 6. The van der Waals surface area contributed by atoms with Crippen LogP contribution in [0, 0.1) is 9.81 Å². The van der Waals surface area contributed by atoms with Crippen molar-refractivity contribution in [3.63, 3.8) is 0 Å². The van der Waals surface area contributed by atoms with Crippen LogP contribution in [0.1, 0.15) is 0 Å². The van der Waals surface area contributed by atoms with Crippen LogP contribution in [0.15, 0.2) is 46.0 Å². The number of hydrogen-bond acceptors (Lipinski definition) is 7. The number of nitrogens with one attached hydrogen (secondary N) is 2. The van der Waals surface area contributed by atoms with E-state index in [0.29, 0.717) is 11.1 Å². The van der Waals surface area contributed by atoms with Crippen LogP contribution < -0.4 is 11.2 Å². The summed E-state index contributed by atoms with van der Waals surface area (Å²) in [7, 11) is -3.86. The molecule has 0 heterocycles. The standard InChI is InChI=1S/C7H7N4O5P/c12-8-10-15-17(14,16-11-9-13)7-5-1-2-6(7)4-3-5/h1-4,7H,(H,10,12)(H,11,13). The second-order valence-electron chi connectivity index (χ2n) is 3.16. The molecule has 0 saturated heterocycles. The van der Waals surface area contributed by atoms with Crippen LogP contribution in [0.4, 0.5) is 0 Å². The van der Waals surface area contributed by atoms with E-state index in [1.54, 1.807) is 35.5 Å². The highest BCUT2D eigenvalue weighted by Gasteiger charge is 2.45. The summed E-state index contributed by atoms with van der Waals surface area (Å²) in [6.07, 6.45) is 6.90. The molecule has 0 fully saturated rings. The van der Waals surface area contributed by atoms with Gasteiger partial charge in [-0.3, -0.25) is 4.57 Å². The van der Waals surface area contributed by atoms with Crippen LogP contribution in [0.5, 0.6) is 0 Å². The van der Waals surface area contributed by atoms with Gasteiger partial charge in [-0.05, 0) is 11.1 Å². The zero-order chi connectivity index (χ0) is 12.3. The SMILES string of the molecule is O=NNOP(=O)(ONN=O)C1C2=CC=C1C=C2. The van der Waals surface area contributed by atoms with Crippen LogP contribution in [-0.2, 0) is 13.8 Å². The molecule has 10 heteroatoms. The molecule has 2 rings (SSSR count). The maximum atomic E-state index is 12.3. The molecule has 9 nitrogen and oxygen atoms in total. The zero-order valence-corrected chi connectivity index (χ0v) is 9.16. The van der Waals surface area contributed by atoms with E-state index in [-0.39, 0.29) is 0 Å². The van der Waals surface area contributed by atoms with E-state index in [0.717, 1.165) is 0 Å². The van der Waals surface area contributed by atoms with Crippen molar-refractivity contribution in [2.24, 2.45) is 10.6 Å². The van der Waals surface area contributed by atoms with Crippen molar-refractivity contribution in [1.29, 1.82) is 0 Å². The molecular formula is C7H7N4O5P. The summed E-state index contributed by atoms with van der Waals surface area (Å²) >= 11 is 0. The van der Waals surface area contributed by atoms with Gasteiger partial charge in [0.2, 0.25) is 0 Å². The molecule has 2 aliphatic rings. The average Bonchev–Trinajstić information content (AvgIpc) is 2.94. The molecule has 0 aromatic rings. The number of fused-ring (bicyclic) bond motifs is 2. The van der Waals surface area contributed by atoms with E-state index in [1.807, 2.05) is 0 Å². The first kappa shape index (κ1) is 11.6. The number of hydrogen-bond donors (Lipinski definition) is 2. The van der Waals surface area contributed by atoms with Gasteiger partial charge in [0.05, 0.1) is 10.6 Å². The van der Waals surface area contributed by atoms with Crippen molar-refractivity contribution >= 4 is 7.60 Å². The molecule has 0 aliphatic heterocycles. The van der Waals surface area contributed by atoms with Gasteiger partial charge >= 0.3 is 7.60 Å². The van der Waals surface area contributed by atoms with Crippen LogP contribution in [-0.4, -0.2) is 5.66 Å². The van der Waals surface area contributed by atoms with Crippen LogP contribution >= 0.6 is 7.60 Å². The van der Waals surface area contributed by atoms with Crippen molar-refractivity contribution in [3.05, 3.63) is 45.3 Å². The Bertz CT molecular complexity index is 447. The third-order valence-electron chi connectivity index (χ3n) is 2.29. The lowest BCUT2D eigenvalue weighted by molar-refractivity contribution is 0.101. The van der Waals surface area contributed by atoms with E-state index in [2.05, 4.69) is 19.8 Å². The van der Waals surface area contributed by atoms with E-state index in [9.17, 15) is 14.4 Å². The predicted octanol–water partition coefficient (Wildman–Crippen LogP) is 1.39. The summed E-state index contributed by atoms with van der Waals surface area (Å²) in [6, 6.07) is 0. The average molecular weight is 258 g/mol. The second kappa shape index (κ2) is 4.58. The molecule has 0 amide bonds. The lowest BCUT2D eigenvalue weighted by atomic mass is 10.3. The minimum atomic E-state index is -3.86. The smallest absolute Gasteiger partial charge is 0.255 e. The molecule has 0 aromatic heterocycles. The fourth-order valence-electron chi connectivity index (χ4n) is 1.69. The number of nitrogens with zero attached hydrogens (tertiary/aromatic N) is 2. The Balaban J connectivity index is 2.19. The Labute approximate surface area is 94.9 Å². The Morgan fingerprint density at radius 2 is 1.53 bits per heavy atom. The molecule has 17 heavy (non-hydrogen) atoms. The summed E-state index contributed by atoms with van der Waals surface area (Å²) in [4.78, 5) is 19.8. The van der Waals surface area contributed by atoms with Gasteiger partial charge in [-0.15, -0.1) is 21.0 Å². The quantitative estimate of drug-likeness (QED) is 0.402. The first-order chi connectivity index (χ1) is 8.21. The van der Waals surface area contributed by atoms with Gasteiger partial charge in [0.15, 0.2) is 0 Å². The highest BCUT2D eigenvalue weighted by Crippen LogP contribution is 2.60. The van der Waals surface area contributed by atoms with Crippen LogP contribution in [0.2, 0.25) is 0 Å². The monoisotopic (exact) mass is 258 g/mol. The third kappa shape index (κ3) is 2.03. The normalized spacial score (nSPS) is 17.6. The minimum Gasteiger partial charge on any atom is -0.255 e. The third-order valence-corrected chi connectivity index (χ3v) is 4.20. The molecular weight excluding hydrogens is 251 g/mol. The second-order valence-corrected chi connectivity index (χ2v) is 5.12. The summed E-state index contributed by atoms with van der Waals surface area (Å²) in [6.45, 7) is 0. The molecule has 2 aliphatic carbocycles. The molecule has 2 N–H and O–H groups in total. The summed E-state index contributed by atoms with van der Waals surface area (Å²) < 4.78 is 21.4. The van der Waals surface area contributed by atoms with Crippen LogP contribution in [0.3, 0.4) is 0 Å². The maximum Gasteiger partial charge on any atom is 0.387 e. The zero-order valence-electron chi connectivity index (χ0n) is 8.27. The predicted molar refractivity (Wildman–Crippen MR) is 56.7 cm³/mol. The van der Waals surface area contributed by atoms with Gasteiger partial charge in [0.25, 0.3) is 0 Å². The van der Waals surface area contributed by atoms with Gasteiger partial charge in [0.1, 0.15) is 5.66 Å². The summed E-state index contributed by atoms with van der Waals surface area (Å²) in [5.41, 5.74) is 3.78. The molecule has 0 unspecified atom stereocenters. The molecule has 0 atom stereocenters. The Kier molecular flexibility index (Phi) is 3.14. The van der Waals surface area contributed by atoms with E-state index < -0.39 is 13.3 Å². The van der Waals surface area contributed by atoms with Crippen molar-refractivity contribution in [1.82, 2.24) is 11.2 Å². The molecule has 0 spiro atoms. The highest BCUT2D eigenvalue weighted by molar-refractivity contribution is 7.55.